The van der Waals surface area contributed by atoms with E-state index in [1.807, 2.05) is 13.8 Å². The van der Waals surface area contributed by atoms with Crippen molar-refractivity contribution in [3.8, 4) is 0 Å². The molecule has 5 nitrogen and oxygen atoms in total. The zero-order valence-corrected chi connectivity index (χ0v) is 12.0. The first-order valence-corrected chi connectivity index (χ1v) is 7.80. The summed E-state index contributed by atoms with van der Waals surface area (Å²) in [7, 11) is -3.52. The maximum absolute atomic E-state index is 12.2. The molecule has 0 saturated carbocycles. The molecule has 1 aromatic carbocycles. The Kier molecular flexibility index (Phi) is 3.64. The number of carbonyl (C=O) groups is 1. The molecule has 104 valence electrons. The molecule has 0 radical (unpaired) electrons. The van der Waals surface area contributed by atoms with Gasteiger partial charge in [-0.25, -0.2) is 13.1 Å². The molecule has 1 aromatic rings. The molecule has 0 saturated heterocycles. The fraction of sp³-hybridized carbons (Fsp3) is 0.462. The van der Waals surface area contributed by atoms with Crippen molar-refractivity contribution in [3.05, 3.63) is 23.8 Å². The first-order valence-electron chi connectivity index (χ1n) is 6.32. The molecule has 2 atom stereocenters. The summed E-state index contributed by atoms with van der Waals surface area (Å²) in [6.07, 6.45) is 0.723. The predicted molar refractivity (Wildman–Crippen MR) is 73.6 cm³/mol. The summed E-state index contributed by atoms with van der Waals surface area (Å²) in [5, 5.41) is 2.72. The Morgan fingerprint density at radius 1 is 1.42 bits per heavy atom. The van der Waals surface area contributed by atoms with E-state index in [0.717, 1.165) is 12.0 Å². The number of carbonyl (C=O) groups excluding carboxylic acids is 1. The van der Waals surface area contributed by atoms with Gasteiger partial charge in [-0.15, -0.1) is 0 Å². The van der Waals surface area contributed by atoms with Crippen LogP contribution in [0.3, 0.4) is 0 Å². The molecule has 0 bridgehead atoms. The normalized spacial score (nSPS) is 19.9. The average molecular weight is 282 g/mol. The Morgan fingerprint density at radius 3 is 2.74 bits per heavy atom. The first kappa shape index (κ1) is 14.0. The smallest absolute Gasteiger partial charge is 0.240 e. The Bertz CT molecular complexity index is 610. The minimum Gasteiger partial charge on any atom is -0.325 e. The molecule has 0 spiro atoms. The second-order valence-electron chi connectivity index (χ2n) is 4.89. The molecule has 6 heteroatoms. The van der Waals surface area contributed by atoms with Gasteiger partial charge in [0.1, 0.15) is 0 Å². The zero-order chi connectivity index (χ0) is 14.2. The molecule has 1 amide bonds. The lowest BCUT2D eigenvalue weighted by atomic mass is 10.0. The fourth-order valence-corrected chi connectivity index (χ4v) is 3.34. The zero-order valence-electron chi connectivity index (χ0n) is 11.2. The van der Waals surface area contributed by atoms with Gasteiger partial charge in [-0.3, -0.25) is 4.79 Å². The lowest BCUT2D eigenvalue weighted by Crippen LogP contribution is -2.32. The Balaban J connectivity index is 2.36. The minimum absolute atomic E-state index is 0.0977. The lowest BCUT2D eigenvalue weighted by molar-refractivity contribution is -0.116. The molecule has 2 rings (SSSR count). The third-order valence-electron chi connectivity index (χ3n) is 3.42. The third kappa shape index (κ3) is 2.64. The molecule has 19 heavy (non-hydrogen) atoms. The third-order valence-corrected chi connectivity index (χ3v) is 5.01. The van der Waals surface area contributed by atoms with Crippen LogP contribution in [0.5, 0.6) is 0 Å². The highest BCUT2D eigenvalue weighted by Gasteiger charge is 2.28. The number of amides is 1. The van der Waals surface area contributed by atoms with Crippen LogP contribution in [0, 0.1) is 0 Å². The van der Waals surface area contributed by atoms with Gasteiger partial charge in [-0.05, 0) is 44.0 Å². The van der Waals surface area contributed by atoms with Gasteiger partial charge in [0.25, 0.3) is 0 Å². The van der Waals surface area contributed by atoms with Gasteiger partial charge in [0.2, 0.25) is 15.9 Å². The van der Waals surface area contributed by atoms with E-state index in [-0.39, 0.29) is 22.8 Å². The van der Waals surface area contributed by atoms with E-state index in [4.69, 9.17) is 0 Å². The molecule has 0 aliphatic carbocycles. The number of sulfonamides is 1. The SMILES string of the molecule is CC[C@H](C)NS(=O)(=O)c1ccc2c(c1)[C@H](C)C(=O)N2. The van der Waals surface area contributed by atoms with Crippen molar-refractivity contribution in [1.82, 2.24) is 4.72 Å². The van der Waals surface area contributed by atoms with E-state index in [1.54, 1.807) is 19.1 Å². The largest absolute Gasteiger partial charge is 0.325 e. The summed E-state index contributed by atoms with van der Waals surface area (Å²) < 4.78 is 27.0. The van der Waals surface area contributed by atoms with Gasteiger partial charge in [-0.2, -0.15) is 0 Å². The van der Waals surface area contributed by atoms with Crippen LogP contribution in [0.4, 0.5) is 5.69 Å². The van der Waals surface area contributed by atoms with Gasteiger partial charge < -0.3 is 5.32 Å². The highest BCUT2D eigenvalue weighted by molar-refractivity contribution is 7.89. The standard InChI is InChI=1S/C13H18N2O3S/c1-4-8(2)15-19(17,18)10-5-6-12-11(7-10)9(3)13(16)14-12/h5-9,15H,4H2,1-3H3,(H,14,16)/t8-,9-/m0/s1. The molecule has 2 N–H and O–H groups in total. The molecule has 0 fully saturated rings. The van der Waals surface area contributed by atoms with Crippen molar-refractivity contribution in [3.63, 3.8) is 0 Å². The van der Waals surface area contributed by atoms with Crippen molar-refractivity contribution in [1.29, 1.82) is 0 Å². The van der Waals surface area contributed by atoms with Crippen molar-refractivity contribution in [2.24, 2.45) is 0 Å². The predicted octanol–water partition coefficient (Wildman–Crippen LogP) is 1.82. The molecular weight excluding hydrogens is 264 g/mol. The second-order valence-corrected chi connectivity index (χ2v) is 6.60. The topological polar surface area (TPSA) is 75.3 Å². The van der Waals surface area contributed by atoms with E-state index in [9.17, 15) is 13.2 Å². The maximum atomic E-state index is 12.2. The van der Waals surface area contributed by atoms with E-state index < -0.39 is 10.0 Å². The lowest BCUT2D eigenvalue weighted by Gasteiger charge is -2.13. The van der Waals surface area contributed by atoms with Crippen molar-refractivity contribution >= 4 is 21.6 Å². The quantitative estimate of drug-likeness (QED) is 0.884. The van der Waals surface area contributed by atoms with E-state index in [0.29, 0.717) is 5.69 Å². The Labute approximate surface area is 113 Å². The highest BCUT2D eigenvalue weighted by Crippen LogP contribution is 2.33. The molecule has 0 aromatic heterocycles. The fourth-order valence-electron chi connectivity index (χ4n) is 1.98. The van der Waals surface area contributed by atoms with Gasteiger partial charge in [0.15, 0.2) is 0 Å². The number of fused-ring (bicyclic) bond motifs is 1. The van der Waals surface area contributed by atoms with Gasteiger partial charge in [-0.1, -0.05) is 6.92 Å². The van der Waals surface area contributed by atoms with Crippen LogP contribution in [-0.2, 0) is 14.8 Å². The van der Waals surface area contributed by atoms with Gasteiger partial charge in [0, 0.05) is 11.7 Å². The first-order chi connectivity index (χ1) is 8.85. The summed E-state index contributed by atoms with van der Waals surface area (Å²) in [6, 6.07) is 4.61. The minimum atomic E-state index is -3.52. The van der Waals surface area contributed by atoms with Gasteiger partial charge >= 0.3 is 0 Å². The molecule has 0 unspecified atom stereocenters. The number of nitrogens with one attached hydrogen (secondary N) is 2. The summed E-state index contributed by atoms with van der Waals surface area (Å²) in [5.74, 6) is -0.409. The molecule has 1 heterocycles. The van der Waals surface area contributed by atoms with Crippen molar-refractivity contribution < 1.29 is 13.2 Å². The number of hydrogen-bond acceptors (Lipinski definition) is 3. The second kappa shape index (κ2) is 4.94. The van der Waals surface area contributed by atoms with Crippen LogP contribution >= 0.6 is 0 Å². The maximum Gasteiger partial charge on any atom is 0.240 e. The molecular formula is C13H18N2O3S. The van der Waals surface area contributed by atoms with Crippen LogP contribution < -0.4 is 10.0 Å². The van der Waals surface area contributed by atoms with Crippen LogP contribution in [0.1, 0.15) is 38.7 Å². The summed E-state index contributed by atoms with van der Waals surface area (Å²) >= 11 is 0. The number of hydrogen-bond donors (Lipinski definition) is 2. The monoisotopic (exact) mass is 282 g/mol. The van der Waals surface area contributed by atoms with E-state index in [1.165, 1.54) is 6.07 Å². The number of anilines is 1. The summed E-state index contributed by atoms with van der Waals surface area (Å²) in [6.45, 7) is 5.50. The summed E-state index contributed by atoms with van der Waals surface area (Å²) in [4.78, 5) is 11.7. The average Bonchev–Trinajstić information content (AvgIpc) is 2.64. The summed E-state index contributed by atoms with van der Waals surface area (Å²) in [5.41, 5.74) is 1.43. The van der Waals surface area contributed by atoms with Crippen LogP contribution in [0.2, 0.25) is 0 Å². The van der Waals surface area contributed by atoms with Crippen LogP contribution in [-0.4, -0.2) is 20.4 Å². The molecule has 1 aliphatic heterocycles. The highest BCUT2D eigenvalue weighted by atomic mass is 32.2. The number of benzene rings is 1. The molecule has 1 aliphatic rings. The van der Waals surface area contributed by atoms with E-state index >= 15 is 0 Å². The van der Waals surface area contributed by atoms with Crippen molar-refractivity contribution in [2.45, 2.75) is 44.0 Å². The van der Waals surface area contributed by atoms with Gasteiger partial charge in [0.05, 0.1) is 10.8 Å². The van der Waals surface area contributed by atoms with E-state index in [2.05, 4.69) is 10.0 Å². The van der Waals surface area contributed by atoms with Crippen LogP contribution in [0.25, 0.3) is 0 Å². The number of rotatable bonds is 4. The Morgan fingerprint density at radius 2 is 2.11 bits per heavy atom. The van der Waals surface area contributed by atoms with Crippen molar-refractivity contribution in [2.75, 3.05) is 5.32 Å². The van der Waals surface area contributed by atoms with Crippen LogP contribution in [0.15, 0.2) is 23.1 Å². The Hall–Kier alpha value is -1.40.